The molecule has 0 unspecified atom stereocenters. The van der Waals surface area contributed by atoms with Crippen molar-refractivity contribution in [2.45, 2.75) is 13.8 Å². The smallest absolute Gasteiger partial charge is 0.0395 e. The zero-order valence-electron chi connectivity index (χ0n) is 4.52. The van der Waals surface area contributed by atoms with E-state index >= 15 is 0 Å². The van der Waals surface area contributed by atoms with Crippen molar-refractivity contribution in [3.8, 4) is 0 Å². The minimum atomic E-state index is 1.33. The first kappa shape index (κ1) is 4.86. The van der Waals surface area contributed by atoms with Gasteiger partial charge in [0.2, 0.25) is 0 Å². The Morgan fingerprint density at radius 2 is 2.29 bits per heavy atom. The van der Waals surface area contributed by atoms with Gasteiger partial charge >= 0.3 is 0 Å². The standard InChI is InChI=1S/C5H8NP/c1-4-3-6-5(2)7-4/h3,6H,1-2H3. The Kier molecular flexibility index (Phi) is 1.16. The van der Waals surface area contributed by atoms with Gasteiger partial charge in [-0.25, -0.2) is 0 Å². The summed E-state index contributed by atoms with van der Waals surface area (Å²) in [6.45, 7) is 4.21. The van der Waals surface area contributed by atoms with E-state index < -0.39 is 0 Å². The number of rotatable bonds is 0. The molecule has 0 aliphatic heterocycles. The lowest BCUT2D eigenvalue weighted by Gasteiger charge is -1.70. The zero-order chi connectivity index (χ0) is 5.28. The molecule has 0 bridgehead atoms. The SMILES string of the molecule is Cc1c[nH]c(C)p1. The predicted octanol–water partition coefficient (Wildman–Crippen LogP) is 2.21. The van der Waals surface area contributed by atoms with Crippen LogP contribution < -0.4 is 0 Å². The van der Waals surface area contributed by atoms with Crippen LogP contribution in [-0.2, 0) is 0 Å². The van der Waals surface area contributed by atoms with E-state index in [0.29, 0.717) is 0 Å². The maximum absolute atomic E-state index is 3.11. The fourth-order valence-corrected chi connectivity index (χ4v) is 1.33. The molecular weight excluding hydrogens is 105 g/mol. The fraction of sp³-hybridized carbons (Fsp3) is 0.400. The third-order valence-corrected chi connectivity index (χ3v) is 1.78. The van der Waals surface area contributed by atoms with E-state index in [4.69, 9.17) is 0 Å². The summed E-state index contributed by atoms with van der Waals surface area (Å²) in [6, 6.07) is 0. The lowest BCUT2D eigenvalue weighted by molar-refractivity contribution is 1.29. The van der Waals surface area contributed by atoms with Crippen molar-refractivity contribution >= 4 is 8.19 Å². The molecule has 1 nitrogen and oxygen atoms in total. The van der Waals surface area contributed by atoms with Gasteiger partial charge < -0.3 is 4.98 Å². The molecule has 38 valence electrons. The van der Waals surface area contributed by atoms with Crippen molar-refractivity contribution in [3.05, 3.63) is 16.9 Å². The third-order valence-electron chi connectivity index (χ3n) is 0.834. The van der Waals surface area contributed by atoms with Gasteiger partial charge in [0.1, 0.15) is 0 Å². The second kappa shape index (κ2) is 1.67. The molecule has 1 aromatic heterocycles. The van der Waals surface area contributed by atoms with Crippen LogP contribution in [0, 0.1) is 13.8 Å². The van der Waals surface area contributed by atoms with Crippen LogP contribution in [0.1, 0.15) is 10.7 Å². The number of nitrogens with one attached hydrogen (secondary N) is 1. The first-order valence-corrected chi connectivity index (χ1v) is 3.17. The molecular formula is C5H8NP. The first-order valence-electron chi connectivity index (χ1n) is 2.27. The summed E-state index contributed by atoms with van der Waals surface area (Å²) in [7, 11) is 1.35. The van der Waals surface area contributed by atoms with E-state index in [-0.39, 0.29) is 0 Å². The minimum Gasteiger partial charge on any atom is -0.361 e. The number of H-pyrrole nitrogens is 1. The van der Waals surface area contributed by atoms with Crippen molar-refractivity contribution in [1.82, 2.24) is 4.98 Å². The first-order chi connectivity index (χ1) is 3.29. The molecule has 0 radical (unpaired) electrons. The molecule has 1 heterocycles. The van der Waals surface area contributed by atoms with Gasteiger partial charge in [0.05, 0.1) is 0 Å². The van der Waals surface area contributed by atoms with Gasteiger partial charge in [0, 0.05) is 11.6 Å². The Hall–Kier alpha value is -0.290. The zero-order valence-corrected chi connectivity index (χ0v) is 5.42. The molecule has 0 spiro atoms. The molecule has 0 aromatic carbocycles. The summed E-state index contributed by atoms with van der Waals surface area (Å²) in [6.07, 6.45) is 2.04. The van der Waals surface area contributed by atoms with Gasteiger partial charge in [0.15, 0.2) is 0 Å². The molecule has 0 fully saturated rings. The van der Waals surface area contributed by atoms with Gasteiger partial charge in [-0.05, 0) is 19.1 Å². The van der Waals surface area contributed by atoms with Crippen LogP contribution in [0.4, 0.5) is 0 Å². The van der Waals surface area contributed by atoms with Gasteiger partial charge in [-0.1, -0.05) is 8.19 Å². The summed E-state index contributed by atoms with van der Waals surface area (Å²) >= 11 is 0. The van der Waals surface area contributed by atoms with E-state index in [0.717, 1.165) is 0 Å². The summed E-state index contributed by atoms with van der Waals surface area (Å²) in [4.78, 5) is 3.11. The molecule has 1 rings (SSSR count). The van der Waals surface area contributed by atoms with Gasteiger partial charge in [0.25, 0.3) is 0 Å². The number of hydrogen-bond acceptors (Lipinski definition) is 0. The summed E-state index contributed by atoms with van der Waals surface area (Å²) in [5.74, 6) is 0. The highest BCUT2D eigenvalue weighted by molar-refractivity contribution is 7.31. The predicted molar refractivity (Wildman–Crippen MR) is 32.8 cm³/mol. The van der Waals surface area contributed by atoms with Crippen molar-refractivity contribution in [3.63, 3.8) is 0 Å². The Morgan fingerprint density at radius 1 is 1.57 bits per heavy atom. The van der Waals surface area contributed by atoms with E-state index in [1.807, 2.05) is 6.20 Å². The molecule has 0 amide bonds. The highest BCUT2D eigenvalue weighted by Gasteiger charge is 1.83. The Bertz CT molecular complexity index is 140. The average molecular weight is 113 g/mol. The van der Waals surface area contributed by atoms with E-state index in [9.17, 15) is 0 Å². The summed E-state index contributed by atoms with van der Waals surface area (Å²) in [5.41, 5.74) is 1.33. The highest BCUT2D eigenvalue weighted by Crippen LogP contribution is 2.15. The summed E-state index contributed by atoms with van der Waals surface area (Å²) in [5, 5.41) is 1.40. The van der Waals surface area contributed by atoms with E-state index in [1.165, 1.54) is 18.9 Å². The molecule has 1 aromatic rings. The van der Waals surface area contributed by atoms with Crippen molar-refractivity contribution in [2.24, 2.45) is 0 Å². The maximum Gasteiger partial charge on any atom is 0.0395 e. The van der Waals surface area contributed by atoms with Crippen LogP contribution in [0.2, 0.25) is 0 Å². The van der Waals surface area contributed by atoms with Gasteiger partial charge in [-0.2, -0.15) is 0 Å². The van der Waals surface area contributed by atoms with Crippen LogP contribution in [0.3, 0.4) is 0 Å². The van der Waals surface area contributed by atoms with Crippen LogP contribution in [-0.4, -0.2) is 4.98 Å². The molecule has 1 N–H and O–H groups in total. The lowest BCUT2D eigenvalue weighted by Crippen LogP contribution is -1.56. The molecule has 0 atom stereocenters. The van der Waals surface area contributed by atoms with Crippen molar-refractivity contribution in [2.75, 3.05) is 0 Å². The van der Waals surface area contributed by atoms with Crippen LogP contribution in [0.5, 0.6) is 0 Å². The maximum atomic E-state index is 3.11. The van der Waals surface area contributed by atoms with E-state index in [2.05, 4.69) is 18.8 Å². The quantitative estimate of drug-likeness (QED) is 0.531. The molecule has 0 aliphatic rings. The molecule has 2 heteroatoms. The topological polar surface area (TPSA) is 15.8 Å². The number of aromatic amines is 1. The minimum absolute atomic E-state index is 1.33. The van der Waals surface area contributed by atoms with Crippen LogP contribution in [0.25, 0.3) is 0 Å². The second-order valence-electron chi connectivity index (χ2n) is 1.63. The summed E-state index contributed by atoms with van der Waals surface area (Å²) < 4.78 is 0. The highest BCUT2D eigenvalue weighted by atomic mass is 31.0. The van der Waals surface area contributed by atoms with Crippen molar-refractivity contribution < 1.29 is 0 Å². The number of aromatic nitrogens is 1. The average Bonchev–Trinajstić information content (AvgIpc) is 1.87. The second-order valence-corrected chi connectivity index (χ2v) is 3.23. The molecule has 7 heavy (non-hydrogen) atoms. The molecule has 0 saturated carbocycles. The van der Waals surface area contributed by atoms with Crippen LogP contribution in [0.15, 0.2) is 6.20 Å². The Morgan fingerprint density at radius 3 is 2.43 bits per heavy atom. The van der Waals surface area contributed by atoms with E-state index in [1.54, 1.807) is 0 Å². The number of hydrogen-bond donors (Lipinski definition) is 1. The monoisotopic (exact) mass is 113 g/mol. The molecule has 0 saturated heterocycles. The normalized spacial score (nSPS) is 10.6. The largest absolute Gasteiger partial charge is 0.361 e. The Labute approximate surface area is 44.9 Å². The van der Waals surface area contributed by atoms with Gasteiger partial charge in [-0.15, -0.1) is 0 Å². The van der Waals surface area contributed by atoms with Crippen molar-refractivity contribution in [1.29, 1.82) is 0 Å². The third kappa shape index (κ3) is 1.04. The molecule has 0 aliphatic carbocycles. The number of aryl methyl sites for hydroxylation is 2. The van der Waals surface area contributed by atoms with Crippen LogP contribution >= 0.6 is 8.19 Å². The Balaban J connectivity index is 3.04. The van der Waals surface area contributed by atoms with Gasteiger partial charge in [-0.3, -0.25) is 0 Å². The lowest BCUT2D eigenvalue weighted by atomic mass is 10.6. The fourth-order valence-electron chi connectivity index (χ4n) is 0.538.